The summed E-state index contributed by atoms with van der Waals surface area (Å²) >= 11 is -0.499. The molecule has 4 nitrogen and oxygen atoms in total. The van der Waals surface area contributed by atoms with E-state index >= 15 is 0 Å². The van der Waals surface area contributed by atoms with Gasteiger partial charge in [0.15, 0.2) is 0 Å². The van der Waals surface area contributed by atoms with Crippen LogP contribution in [-0.2, 0) is 11.0 Å². The number of amides is 1. The summed E-state index contributed by atoms with van der Waals surface area (Å²) in [4.78, 5) is 11.6. The van der Waals surface area contributed by atoms with Crippen molar-refractivity contribution in [2.24, 2.45) is 11.8 Å². The van der Waals surface area contributed by atoms with E-state index in [-0.39, 0.29) is 22.1 Å². The first kappa shape index (κ1) is 17.8. The molecule has 1 aromatic carbocycles. The van der Waals surface area contributed by atoms with Crippen LogP contribution in [0.15, 0.2) is 18.2 Å². The zero-order chi connectivity index (χ0) is 17.0. The summed E-state index contributed by atoms with van der Waals surface area (Å²) in [5, 5.41) is 8.82. The first-order valence-corrected chi connectivity index (χ1v) is 9.20. The summed E-state index contributed by atoms with van der Waals surface area (Å²) in [6.07, 6.45) is -1.32. The van der Waals surface area contributed by atoms with Gasteiger partial charge in [-0.15, -0.1) is 0 Å². The second-order valence-electron chi connectivity index (χ2n) is 5.49. The van der Waals surface area contributed by atoms with Gasteiger partial charge in [-0.05, 0) is 0 Å². The molecular weight excluding hydrogens is 370 g/mol. The molecule has 3 N–H and O–H groups in total. The van der Waals surface area contributed by atoms with Crippen molar-refractivity contribution in [3.05, 3.63) is 29.3 Å². The summed E-state index contributed by atoms with van der Waals surface area (Å²) in [5.74, 6) is 4.79. The van der Waals surface area contributed by atoms with Crippen molar-refractivity contribution in [1.82, 2.24) is 5.43 Å². The van der Waals surface area contributed by atoms with Crippen molar-refractivity contribution >= 4 is 26.0 Å². The molecule has 1 aliphatic rings. The number of rotatable bonds is 3. The zero-order valence-electron chi connectivity index (χ0n) is 12.2. The van der Waals surface area contributed by atoms with Gasteiger partial charge in [-0.25, -0.2) is 0 Å². The molecule has 2 unspecified atom stereocenters. The van der Waals surface area contributed by atoms with Crippen LogP contribution in [-0.4, -0.2) is 21.7 Å². The number of benzene rings is 1. The predicted octanol–water partition coefficient (Wildman–Crippen LogP) is 1.88. The molecule has 8 heteroatoms. The number of carbonyl (C=O) groups is 1. The molecule has 0 spiro atoms. The van der Waals surface area contributed by atoms with Crippen LogP contribution in [0, 0.1) is 17.2 Å². The molecule has 1 aromatic rings. The molecule has 0 saturated heterocycles. The van der Waals surface area contributed by atoms with Crippen LogP contribution in [0.25, 0.3) is 0 Å². The number of nitrogens with two attached hydrogens (primary N) is 1. The van der Waals surface area contributed by atoms with Crippen LogP contribution in [0.3, 0.4) is 0 Å². The summed E-state index contributed by atoms with van der Waals surface area (Å²) < 4.78 is 39.9. The van der Waals surface area contributed by atoms with Gasteiger partial charge in [0.2, 0.25) is 0 Å². The molecule has 123 valence electrons. The topological polar surface area (TPSA) is 78.9 Å². The van der Waals surface area contributed by atoms with Crippen LogP contribution in [0.4, 0.5) is 13.2 Å². The van der Waals surface area contributed by atoms with Gasteiger partial charge < -0.3 is 0 Å². The van der Waals surface area contributed by atoms with Gasteiger partial charge in [-0.2, -0.15) is 0 Å². The molecule has 1 amide bonds. The van der Waals surface area contributed by atoms with E-state index < -0.39 is 27.5 Å². The Labute approximate surface area is 138 Å². The van der Waals surface area contributed by atoms with Gasteiger partial charge in [0.1, 0.15) is 0 Å². The molecule has 1 radical (unpaired) electrons. The van der Waals surface area contributed by atoms with Crippen molar-refractivity contribution < 1.29 is 18.0 Å². The number of halogens is 3. The Balaban J connectivity index is 2.14. The molecule has 2 rings (SSSR count). The monoisotopic (exact) mass is 386 g/mol. The molecule has 0 bridgehead atoms. The molecule has 1 saturated carbocycles. The first-order valence-electron chi connectivity index (χ1n) is 7.17. The van der Waals surface area contributed by atoms with E-state index in [4.69, 9.17) is 11.1 Å². The van der Waals surface area contributed by atoms with Crippen molar-refractivity contribution in [3.8, 4) is 6.07 Å². The first-order chi connectivity index (χ1) is 10.8. The summed E-state index contributed by atoms with van der Waals surface area (Å²) in [6.45, 7) is 0. The summed E-state index contributed by atoms with van der Waals surface area (Å²) in [5.41, 5.74) is 0.920. The van der Waals surface area contributed by atoms with Gasteiger partial charge >= 0.3 is 138 Å². The van der Waals surface area contributed by atoms with E-state index in [1.54, 1.807) is 12.1 Å². The van der Waals surface area contributed by atoms with E-state index in [0.29, 0.717) is 10.8 Å². The van der Waals surface area contributed by atoms with E-state index in [1.165, 1.54) is 6.07 Å². The predicted molar refractivity (Wildman–Crippen MR) is 79.6 cm³/mol. The maximum atomic E-state index is 13.0. The quantitative estimate of drug-likeness (QED) is 0.360. The fourth-order valence-corrected chi connectivity index (χ4v) is 5.85. The number of nitrogens with one attached hydrogen (secondary N) is 1. The van der Waals surface area contributed by atoms with Gasteiger partial charge in [-0.1, -0.05) is 0 Å². The summed E-state index contributed by atoms with van der Waals surface area (Å²) in [6, 6.07) is 5.51. The number of nitriles is 1. The van der Waals surface area contributed by atoms with Crippen molar-refractivity contribution in [1.29, 1.82) is 5.26 Å². The Morgan fingerprint density at radius 1 is 1.39 bits per heavy atom. The number of carbonyl (C=O) groups excluding carboxylic acids is 1. The molecule has 1 fully saturated rings. The molecule has 0 aliphatic heterocycles. The number of nitrogens with zero attached hydrogens (tertiary/aromatic N) is 1. The number of alkyl halides is 3. The second kappa shape index (κ2) is 7.37. The third kappa shape index (κ3) is 4.49. The van der Waals surface area contributed by atoms with Gasteiger partial charge in [-0.3, -0.25) is 0 Å². The molecule has 0 heterocycles. The minimum atomic E-state index is -4.53. The maximum absolute atomic E-state index is 13.0. The Morgan fingerprint density at radius 2 is 2.13 bits per heavy atom. The number of hydrogen-bond acceptors (Lipinski definition) is 3. The van der Waals surface area contributed by atoms with Crippen LogP contribution in [0.1, 0.15) is 36.8 Å². The second-order valence-corrected chi connectivity index (χ2v) is 8.65. The average Bonchev–Trinajstić information content (AvgIpc) is 2.53. The SMILES string of the molecule is N#Cc1ccc([As]C2CCCC(C(=O)NN)C2)cc1C(F)(F)F. The normalized spacial score (nSPS) is 22.0. The number of hydrazine groups is 1. The zero-order valence-corrected chi connectivity index (χ0v) is 14.1. The van der Waals surface area contributed by atoms with E-state index in [2.05, 4.69) is 5.43 Å². The van der Waals surface area contributed by atoms with Crippen molar-refractivity contribution in [2.75, 3.05) is 0 Å². The molecule has 0 aromatic heterocycles. The van der Waals surface area contributed by atoms with Crippen LogP contribution >= 0.6 is 0 Å². The molecular formula is C15H16AsF3N3O. The van der Waals surface area contributed by atoms with Crippen LogP contribution in [0.2, 0.25) is 4.71 Å². The standard InChI is InChI=1S/C15H16AsF3N3O/c17-15(18,19)13-7-12(5-4-10(13)8-20)16-11-3-1-2-9(6-11)14(23)22-21/h4-5,7,9,11H,1-3,6,21H2,(H,22,23). The Morgan fingerprint density at radius 3 is 2.74 bits per heavy atom. The van der Waals surface area contributed by atoms with Crippen molar-refractivity contribution in [3.63, 3.8) is 0 Å². The number of hydrogen-bond donors (Lipinski definition) is 2. The Bertz CT molecular complexity index is 627. The third-order valence-corrected chi connectivity index (χ3v) is 6.88. The minimum absolute atomic E-state index is 0.158. The fraction of sp³-hybridized carbons (Fsp3) is 0.467. The van der Waals surface area contributed by atoms with Gasteiger partial charge in [0.05, 0.1) is 0 Å². The van der Waals surface area contributed by atoms with Crippen molar-refractivity contribution in [2.45, 2.75) is 36.6 Å². The molecule has 2 atom stereocenters. The molecule has 23 heavy (non-hydrogen) atoms. The Hall–Kier alpha value is -1.51. The van der Waals surface area contributed by atoms with Gasteiger partial charge in [0.25, 0.3) is 0 Å². The van der Waals surface area contributed by atoms with Crippen LogP contribution in [0.5, 0.6) is 0 Å². The van der Waals surface area contributed by atoms with E-state index in [0.717, 1.165) is 25.3 Å². The van der Waals surface area contributed by atoms with Gasteiger partial charge in [0, 0.05) is 0 Å². The third-order valence-electron chi connectivity index (χ3n) is 3.92. The van der Waals surface area contributed by atoms with E-state index in [9.17, 15) is 18.0 Å². The van der Waals surface area contributed by atoms with Crippen LogP contribution < -0.4 is 15.6 Å². The molecule has 1 aliphatic carbocycles. The average molecular weight is 386 g/mol. The Kier molecular flexibility index (Phi) is 5.72. The fourth-order valence-electron chi connectivity index (χ4n) is 2.79. The summed E-state index contributed by atoms with van der Waals surface area (Å²) in [7, 11) is 0. The van der Waals surface area contributed by atoms with E-state index in [1.807, 2.05) is 0 Å².